The maximum Gasteiger partial charge on any atom is 0.177 e. The summed E-state index contributed by atoms with van der Waals surface area (Å²) in [6.07, 6.45) is 2.53. The van der Waals surface area contributed by atoms with E-state index in [1.54, 1.807) is 0 Å². The highest BCUT2D eigenvalue weighted by Crippen LogP contribution is 2.32. The van der Waals surface area contributed by atoms with Gasteiger partial charge in [0.25, 0.3) is 0 Å². The molecule has 1 aromatic heterocycles. The molecule has 1 aliphatic heterocycles. The fraction of sp³-hybridized carbons (Fsp3) is 0.500. The van der Waals surface area contributed by atoms with Gasteiger partial charge >= 0.3 is 0 Å². The van der Waals surface area contributed by atoms with Crippen molar-refractivity contribution in [2.45, 2.75) is 18.9 Å². The van der Waals surface area contributed by atoms with E-state index in [9.17, 15) is 4.79 Å². The number of carbonyl (C=O) groups excluding carboxylic acids is 1. The number of ether oxygens (including phenoxy) is 1. The maximum absolute atomic E-state index is 10.7. The largest absolute Gasteiger partial charge is 0.370 e. The van der Waals surface area contributed by atoms with Gasteiger partial charge < -0.3 is 9.26 Å². The zero-order valence-electron chi connectivity index (χ0n) is 6.83. The fourth-order valence-electron chi connectivity index (χ4n) is 1.41. The van der Waals surface area contributed by atoms with Gasteiger partial charge in [-0.25, -0.2) is 0 Å². The third-order valence-electron chi connectivity index (χ3n) is 2.05. The molecule has 4 nitrogen and oxygen atoms in total. The number of hydrogen-bond acceptors (Lipinski definition) is 4. The van der Waals surface area contributed by atoms with Crippen molar-refractivity contribution in [2.75, 3.05) is 6.61 Å². The Labute approximate surface area is 83.4 Å². The van der Waals surface area contributed by atoms with Crippen molar-refractivity contribution in [3.05, 3.63) is 15.9 Å². The topological polar surface area (TPSA) is 52.3 Å². The van der Waals surface area contributed by atoms with Gasteiger partial charge in [0, 0.05) is 6.61 Å². The molecule has 2 heterocycles. The first-order valence-corrected chi connectivity index (χ1v) is 4.84. The van der Waals surface area contributed by atoms with Gasteiger partial charge in [-0.1, -0.05) is 5.16 Å². The highest BCUT2D eigenvalue weighted by atomic mass is 79.9. The summed E-state index contributed by atoms with van der Waals surface area (Å²) in [6.45, 7) is 0.723. The molecule has 0 bridgehead atoms. The quantitative estimate of drug-likeness (QED) is 0.750. The maximum atomic E-state index is 10.7. The number of aldehydes is 1. The molecule has 0 radical (unpaired) electrons. The van der Waals surface area contributed by atoms with Gasteiger partial charge in [-0.2, -0.15) is 0 Å². The van der Waals surface area contributed by atoms with Crippen LogP contribution in [0, 0.1) is 0 Å². The van der Waals surface area contributed by atoms with E-state index in [2.05, 4.69) is 21.1 Å². The molecule has 0 spiro atoms. The Morgan fingerprint density at radius 1 is 1.62 bits per heavy atom. The number of halogens is 1. The average Bonchev–Trinajstić information content (AvgIpc) is 2.71. The summed E-state index contributed by atoms with van der Waals surface area (Å²) in [4.78, 5) is 10.7. The van der Waals surface area contributed by atoms with Gasteiger partial charge in [-0.05, 0) is 28.8 Å². The Morgan fingerprint density at radius 3 is 3.08 bits per heavy atom. The molecule has 70 valence electrons. The predicted octanol–water partition coefficient (Wildman–Crippen LogP) is 2.10. The molecule has 1 aromatic rings. The highest BCUT2D eigenvalue weighted by Gasteiger charge is 2.26. The van der Waals surface area contributed by atoms with Crippen molar-refractivity contribution < 1.29 is 14.1 Å². The summed E-state index contributed by atoms with van der Waals surface area (Å²) in [6, 6.07) is 0. The molecule has 1 atom stereocenters. The highest BCUT2D eigenvalue weighted by molar-refractivity contribution is 9.10. The van der Waals surface area contributed by atoms with Crippen LogP contribution in [0.3, 0.4) is 0 Å². The number of aromatic nitrogens is 1. The van der Waals surface area contributed by atoms with Crippen molar-refractivity contribution in [1.29, 1.82) is 0 Å². The Bertz CT molecular complexity index is 317. The molecule has 2 rings (SSSR count). The third kappa shape index (κ3) is 1.53. The molecule has 5 heteroatoms. The summed E-state index contributed by atoms with van der Waals surface area (Å²) in [7, 11) is 0. The van der Waals surface area contributed by atoms with Gasteiger partial charge in [0.05, 0.1) is 5.56 Å². The van der Waals surface area contributed by atoms with E-state index in [0.29, 0.717) is 15.9 Å². The van der Waals surface area contributed by atoms with Crippen LogP contribution in [0.15, 0.2) is 9.13 Å². The lowest BCUT2D eigenvalue weighted by Crippen LogP contribution is -1.97. The average molecular weight is 246 g/mol. The van der Waals surface area contributed by atoms with Gasteiger partial charge in [0.15, 0.2) is 16.6 Å². The van der Waals surface area contributed by atoms with Crippen LogP contribution < -0.4 is 0 Å². The van der Waals surface area contributed by atoms with E-state index in [1.165, 1.54) is 0 Å². The van der Waals surface area contributed by atoms with E-state index in [4.69, 9.17) is 9.26 Å². The first-order chi connectivity index (χ1) is 6.33. The first kappa shape index (κ1) is 8.90. The van der Waals surface area contributed by atoms with Gasteiger partial charge in [-0.15, -0.1) is 0 Å². The molecule has 13 heavy (non-hydrogen) atoms. The number of nitrogens with zero attached hydrogens (tertiary/aromatic N) is 1. The lowest BCUT2D eigenvalue weighted by atomic mass is 10.1. The van der Waals surface area contributed by atoms with Crippen LogP contribution in [0.2, 0.25) is 0 Å². The van der Waals surface area contributed by atoms with E-state index in [1.807, 2.05) is 0 Å². The Kier molecular flexibility index (Phi) is 2.46. The smallest absolute Gasteiger partial charge is 0.177 e. The second-order valence-electron chi connectivity index (χ2n) is 2.87. The lowest BCUT2D eigenvalue weighted by Gasteiger charge is -2.03. The van der Waals surface area contributed by atoms with Gasteiger partial charge in [-0.3, -0.25) is 4.79 Å². The van der Waals surface area contributed by atoms with Crippen LogP contribution in [-0.2, 0) is 4.74 Å². The summed E-state index contributed by atoms with van der Waals surface area (Å²) >= 11 is 3.13. The van der Waals surface area contributed by atoms with E-state index in [0.717, 1.165) is 25.7 Å². The number of rotatable bonds is 2. The fourth-order valence-corrected chi connectivity index (χ4v) is 1.77. The van der Waals surface area contributed by atoms with Crippen LogP contribution >= 0.6 is 15.9 Å². The molecule has 0 saturated carbocycles. The molecule has 1 saturated heterocycles. The van der Waals surface area contributed by atoms with E-state index in [-0.39, 0.29) is 6.10 Å². The minimum Gasteiger partial charge on any atom is -0.370 e. The molecule has 0 aromatic carbocycles. The Morgan fingerprint density at radius 2 is 2.46 bits per heavy atom. The molecule has 0 amide bonds. The van der Waals surface area contributed by atoms with Crippen molar-refractivity contribution in [1.82, 2.24) is 5.16 Å². The first-order valence-electron chi connectivity index (χ1n) is 4.04. The van der Waals surface area contributed by atoms with Gasteiger partial charge in [0.1, 0.15) is 6.10 Å². The van der Waals surface area contributed by atoms with Crippen LogP contribution in [0.4, 0.5) is 0 Å². The molecule has 1 unspecified atom stereocenters. The molecule has 1 fully saturated rings. The minimum atomic E-state index is -0.0981. The minimum absolute atomic E-state index is 0.0981. The summed E-state index contributed by atoms with van der Waals surface area (Å²) in [5.74, 6) is 0.541. The van der Waals surface area contributed by atoms with Crippen LogP contribution in [0.1, 0.15) is 35.1 Å². The second kappa shape index (κ2) is 3.59. The monoisotopic (exact) mass is 245 g/mol. The number of hydrogen-bond donors (Lipinski definition) is 0. The van der Waals surface area contributed by atoms with E-state index >= 15 is 0 Å². The summed E-state index contributed by atoms with van der Waals surface area (Å²) in [5.41, 5.74) is 0.465. The molecule has 0 aliphatic carbocycles. The van der Waals surface area contributed by atoms with Crippen LogP contribution in [0.25, 0.3) is 0 Å². The standard InChI is InChI=1S/C8H8BrNO3/c9-8-5(4-11)7(13-10-8)6-2-1-3-12-6/h4,6H,1-3H2. The lowest BCUT2D eigenvalue weighted by molar-refractivity contribution is 0.0858. The zero-order chi connectivity index (χ0) is 9.26. The Balaban J connectivity index is 2.32. The molecule has 1 aliphatic rings. The molecular formula is C8H8BrNO3. The van der Waals surface area contributed by atoms with Crippen molar-refractivity contribution in [3.63, 3.8) is 0 Å². The van der Waals surface area contributed by atoms with Crippen molar-refractivity contribution in [3.8, 4) is 0 Å². The summed E-state index contributed by atoms with van der Waals surface area (Å²) in [5, 5.41) is 3.66. The van der Waals surface area contributed by atoms with Gasteiger partial charge in [0.2, 0.25) is 0 Å². The molecule has 0 N–H and O–H groups in total. The number of carbonyl (C=O) groups is 1. The molecular weight excluding hydrogens is 238 g/mol. The van der Waals surface area contributed by atoms with Crippen LogP contribution in [-0.4, -0.2) is 18.0 Å². The second-order valence-corrected chi connectivity index (χ2v) is 3.62. The van der Waals surface area contributed by atoms with E-state index < -0.39 is 0 Å². The normalized spacial score (nSPS) is 22.1. The van der Waals surface area contributed by atoms with Crippen molar-refractivity contribution in [2.24, 2.45) is 0 Å². The predicted molar refractivity (Wildman–Crippen MR) is 47.5 cm³/mol. The third-order valence-corrected chi connectivity index (χ3v) is 2.62. The van der Waals surface area contributed by atoms with Crippen molar-refractivity contribution >= 4 is 22.2 Å². The summed E-state index contributed by atoms with van der Waals surface area (Å²) < 4.78 is 10.9. The SMILES string of the molecule is O=Cc1c(Br)noc1C1CCCO1. The zero-order valence-corrected chi connectivity index (χ0v) is 8.41. The Hall–Kier alpha value is -0.680. The van der Waals surface area contributed by atoms with Crippen LogP contribution in [0.5, 0.6) is 0 Å².